The third-order valence-corrected chi connectivity index (χ3v) is 4.68. The Kier molecular flexibility index (Phi) is 4.57. The van der Waals surface area contributed by atoms with Gasteiger partial charge in [-0.05, 0) is 36.6 Å². The van der Waals surface area contributed by atoms with Gasteiger partial charge in [0, 0.05) is 25.3 Å². The smallest absolute Gasteiger partial charge is 0.0823 e. The molecule has 0 aliphatic carbocycles. The van der Waals surface area contributed by atoms with Crippen molar-refractivity contribution in [3.8, 4) is 0 Å². The summed E-state index contributed by atoms with van der Waals surface area (Å²) in [5, 5.41) is 4.55. The molecule has 2 nitrogen and oxygen atoms in total. The highest BCUT2D eigenvalue weighted by Crippen LogP contribution is 2.31. The molecule has 0 radical (unpaired) electrons. The maximum Gasteiger partial charge on any atom is 0.0823 e. The monoisotopic (exact) mass is 320 g/mol. The highest BCUT2D eigenvalue weighted by molar-refractivity contribution is 6.43. The summed E-state index contributed by atoms with van der Waals surface area (Å²) >= 11 is 12.3. The van der Waals surface area contributed by atoms with Gasteiger partial charge >= 0.3 is 0 Å². The summed E-state index contributed by atoms with van der Waals surface area (Å²) in [6.07, 6.45) is 2.56. The summed E-state index contributed by atoms with van der Waals surface area (Å²) in [5.74, 6) is 0. The van der Waals surface area contributed by atoms with Gasteiger partial charge in [0.2, 0.25) is 0 Å². The summed E-state index contributed by atoms with van der Waals surface area (Å²) in [4.78, 5) is 2.45. The van der Waals surface area contributed by atoms with E-state index in [0.29, 0.717) is 10.0 Å². The Bertz CT molecular complexity index is 622. The lowest BCUT2D eigenvalue weighted by molar-refractivity contribution is 0.949. The van der Waals surface area contributed by atoms with E-state index in [-0.39, 0.29) is 0 Å². The Labute approximate surface area is 135 Å². The number of rotatable bonds is 4. The Balaban J connectivity index is 1.77. The van der Waals surface area contributed by atoms with Crippen LogP contribution in [0.2, 0.25) is 10.0 Å². The molecule has 0 unspecified atom stereocenters. The van der Waals surface area contributed by atoms with Crippen molar-refractivity contribution >= 4 is 34.6 Å². The van der Waals surface area contributed by atoms with E-state index < -0.39 is 0 Å². The molecular formula is C17H18Cl2N2. The zero-order valence-corrected chi connectivity index (χ0v) is 13.3. The molecule has 0 atom stereocenters. The molecule has 0 bridgehead atoms. The van der Waals surface area contributed by atoms with Gasteiger partial charge in [-0.25, -0.2) is 0 Å². The molecule has 1 fully saturated rings. The number of hydrogen-bond acceptors (Lipinski definition) is 2. The van der Waals surface area contributed by atoms with Crippen LogP contribution in [0.1, 0.15) is 18.4 Å². The molecule has 4 heteroatoms. The molecule has 0 amide bonds. The fraction of sp³-hybridized carbons (Fsp3) is 0.294. The van der Waals surface area contributed by atoms with Gasteiger partial charge in [-0.3, -0.25) is 0 Å². The first-order chi connectivity index (χ1) is 10.3. The number of nitrogens with zero attached hydrogens (tertiary/aromatic N) is 1. The van der Waals surface area contributed by atoms with Crippen LogP contribution in [0.15, 0.2) is 42.5 Å². The van der Waals surface area contributed by atoms with E-state index in [2.05, 4.69) is 34.5 Å². The first kappa shape index (κ1) is 14.6. The second-order valence-corrected chi connectivity index (χ2v) is 6.06. The molecule has 1 N–H and O–H groups in total. The summed E-state index contributed by atoms with van der Waals surface area (Å²) < 4.78 is 0. The van der Waals surface area contributed by atoms with Crippen molar-refractivity contribution in [3.05, 3.63) is 58.1 Å². The van der Waals surface area contributed by atoms with E-state index in [4.69, 9.17) is 23.2 Å². The van der Waals surface area contributed by atoms with Crippen molar-refractivity contribution in [1.29, 1.82) is 0 Å². The molecule has 110 valence electrons. The van der Waals surface area contributed by atoms with Gasteiger partial charge in [-0.15, -0.1) is 0 Å². The summed E-state index contributed by atoms with van der Waals surface area (Å²) in [6, 6.07) is 14.2. The number of para-hydroxylation sites is 1. The highest BCUT2D eigenvalue weighted by atomic mass is 35.5. The lowest BCUT2D eigenvalue weighted by atomic mass is 10.1. The zero-order chi connectivity index (χ0) is 14.7. The fourth-order valence-corrected chi connectivity index (χ4v) is 3.12. The van der Waals surface area contributed by atoms with Crippen LogP contribution in [0, 0.1) is 0 Å². The minimum atomic E-state index is 0.578. The predicted molar refractivity (Wildman–Crippen MR) is 91.7 cm³/mol. The van der Waals surface area contributed by atoms with E-state index in [1.165, 1.54) is 24.1 Å². The van der Waals surface area contributed by atoms with Crippen LogP contribution in [0.25, 0.3) is 0 Å². The normalized spacial score (nSPS) is 14.5. The minimum Gasteiger partial charge on any atom is -0.380 e. The van der Waals surface area contributed by atoms with Gasteiger partial charge in [-0.1, -0.05) is 47.5 Å². The number of anilines is 2. The first-order valence-electron chi connectivity index (χ1n) is 7.26. The SMILES string of the molecule is Clc1cccc(NCc2ccccc2N2CCCC2)c1Cl. The topological polar surface area (TPSA) is 15.3 Å². The van der Waals surface area contributed by atoms with Crippen molar-refractivity contribution in [2.75, 3.05) is 23.3 Å². The Morgan fingerprint density at radius 2 is 1.71 bits per heavy atom. The molecule has 3 rings (SSSR count). The van der Waals surface area contributed by atoms with Crippen molar-refractivity contribution in [2.45, 2.75) is 19.4 Å². The van der Waals surface area contributed by atoms with E-state index in [1.54, 1.807) is 6.07 Å². The maximum absolute atomic E-state index is 6.22. The molecule has 2 aromatic rings. The molecule has 0 saturated carbocycles. The van der Waals surface area contributed by atoms with Gasteiger partial charge in [0.1, 0.15) is 0 Å². The van der Waals surface area contributed by atoms with Crippen LogP contribution < -0.4 is 10.2 Å². The van der Waals surface area contributed by atoms with Gasteiger partial charge in [0.25, 0.3) is 0 Å². The lowest BCUT2D eigenvalue weighted by Gasteiger charge is -2.22. The van der Waals surface area contributed by atoms with Crippen LogP contribution in [-0.4, -0.2) is 13.1 Å². The van der Waals surface area contributed by atoms with Crippen LogP contribution in [-0.2, 0) is 6.54 Å². The van der Waals surface area contributed by atoms with Gasteiger partial charge in [-0.2, -0.15) is 0 Å². The molecule has 1 aliphatic heterocycles. The molecule has 1 aliphatic rings. The highest BCUT2D eigenvalue weighted by Gasteiger charge is 2.15. The number of halogens is 2. The van der Waals surface area contributed by atoms with Crippen LogP contribution >= 0.6 is 23.2 Å². The predicted octanol–water partition coefficient (Wildman–Crippen LogP) is 5.21. The molecule has 0 spiro atoms. The van der Waals surface area contributed by atoms with E-state index in [9.17, 15) is 0 Å². The number of benzene rings is 2. The quantitative estimate of drug-likeness (QED) is 0.832. The van der Waals surface area contributed by atoms with Crippen LogP contribution in [0.5, 0.6) is 0 Å². The second kappa shape index (κ2) is 6.59. The Hall–Kier alpha value is -1.38. The van der Waals surface area contributed by atoms with Gasteiger partial charge < -0.3 is 10.2 Å². The molecule has 1 saturated heterocycles. The van der Waals surface area contributed by atoms with Gasteiger partial charge in [0.15, 0.2) is 0 Å². The molecule has 21 heavy (non-hydrogen) atoms. The van der Waals surface area contributed by atoms with Crippen molar-refractivity contribution in [2.24, 2.45) is 0 Å². The molecular weight excluding hydrogens is 303 g/mol. The summed E-state index contributed by atoms with van der Waals surface area (Å²) in [5.41, 5.74) is 3.48. The van der Waals surface area contributed by atoms with Gasteiger partial charge in [0.05, 0.1) is 15.7 Å². The fourth-order valence-electron chi connectivity index (χ4n) is 2.76. The molecule has 2 aromatic carbocycles. The van der Waals surface area contributed by atoms with Crippen molar-refractivity contribution in [3.63, 3.8) is 0 Å². The Morgan fingerprint density at radius 1 is 0.952 bits per heavy atom. The van der Waals surface area contributed by atoms with Crippen LogP contribution in [0.3, 0.4) is 0 Å². The van der Waals surface area contributed by atoms with E-state index in [0.717, 1.165) is 25.3 Å². The zero-order valence-electron chi connectivity index (χ0n) is 11.8. The maximum atomic E-state index is 6.22. The second-order valence-electron chi connectivity index (χ2n) is 5.28. The average molecular weight is 321 g/mol. The third kappa shape index (κ3) is 3.28. The van der Waals surface area contributed by atoms with Crippen molar-refractivity contribution in [1.82, 2.24) is 0 Å². The average Bonchev–Trinajstić information content (AvgIpc) is 3.03. The van der Waals surface area contributed by atoms with E-state index >= 15 is 0 Å². The largest absolute Gasteiger partial charge is 0.380 e. The summed E-state index contributed by atoms with van der Waals surface area (Å²) in [6.45, 7) is 3.04. The lowest BCUT2D eigenvalue weighted by Crippen LogP contribution is -2.19. The number of nitrogens with one attached hydrogen (secondary N) is 1. The Morgan fingerprint density at radius 3 is 2.52 bits per heavy atom. The first-order valence-corrected chi connectivity index (χ1v) is 8.02. The standard InChI is InChI=1S/C17H18Cl2N2/c18-14-7-5-8-15(17(14)19)20-12-13-6-1-2-9-16(13)21-10-3-4-11-21/h1-2,5-9,20H,3-4,10-12H2. The van der Waals surface area contributed by atoms with E-state index in [1.807, 2.05) is 12.1 Å². The van der Waals surface area contributed by atoms with Crippen LogP contribution in [0.4, 0.5) is 11.4 Å². The molecule has 0 aromatic heterocycles. The molecule has 1 heterocycles. The van der Waals surface area contributed by atoms with Crippen molar-refractivity contribution < 1.29 is 0 Å². The minimum absolute atomic E-state index is 0.578. The summed E-state index contributed by atoms with van der Waals surface area (Å²) in [7, 11) is 0. The third-order valence-electron chi connectivity index (χ3n) is 3.86. The number of hydrogen-bond donors (Lipinski definition) is 1.